The van der Waals surface area contributed by atoms with Gasteiger partial charge in [0.1, 0.15) is 6.04 Å². The highest BCUT2D eigenvalue weighted by atomic mass is 19.4. The van der Waals surface area contributed by atoms with Crippen LogP contribution in [0.3, 0.4) is 0 Å². The third kappa shape index (κ3) is 3.03. The zero-order chi connectivity index (χ0) is 17.3. The van der Waals surface area contributed by atoms with Crippen molar-refractivity contribution < 1.29 is 36.3 Å². The summed E-state index contributed by atoms with van der Waals surface area (Å²) in [5.41, 5.74) is 2.89. The Morgan fingerprint density at radius 2 is 1.59 bits per heavy atom. The fourth-order valence-corrected chi connectivity index (χ4v) is 1.66. The quantitative estimate of drug-likeness (QED) is 0.509. The molecule has 0 saturated heterocycles. The summed E-state index contributed by atoms with van der Waals surface area (Å²) in [7, 11) is 2.20. The fraction of sp³-hybridized carbons (Fsp3) is 0.455. The van der Waals surface area contributed by atoms with Gasteiger partial charge in [0.15, 0.2) is 11.5 Å². The van der Waals surface area contributed by atoms with Crippen molar-refractivity contribution in [3.63, 3.8) is 0 Å². The van der Waals surface area contributed by atoms with Crippen LogP contribution < -0.4 is 15.2 Å². The summed E-state index contributed by atoms with van der Waals surface area (Å²) in [6, 6.07) is -1.69. The SMILES string of the molecule is COc1cc([C@H](N)C(F)(F)C(F)(F)F)c([N+](=O)[O-])cc1OC. The van der Waals surface area contributed by atoms with Crippen LogP contribution in [-0.2, 0) is 0 Å². The lowest BCUT2D eigenvalue weighted by molar-refractivity contribution is -0.386. The molecule has 0 amide bonds. The average molecular weight is 330 g/mol. The number of nitro groups is 1. The molecular formula is C11H11F5N2O4. The molecular weight excluding hydrogens is 319 g/mol. The number of methoxy groups -OCH3 is 2. The van der Waals surface area contributed by atoms with Crippen LogP contribution in [0.25, 0.3) is 0 Å². The lowest BCUT2D eigenvalue weighted by atomic mass is 9.98. The minimum Gasteiger partial charge on any atom is -0.493 e. The van der Waals surface area contributed by atoms with Crippen molar-refractivity contribution in [1.29, 1.82) is 0 Å². The van der Waals surface area contributed by atoms with E-state index in [9.17, 15) is 32.1 Å². The summed E-state index contributed by atoms with van der Waals surface area (Å²) in [4.78, 5) is 9.76. The number of ether oxygens (including phenoxy) is 2. The van der Waals surface area contributed by atoms with Crippen molar-refractivity contribution >= 4 is 5.69 Å². The molecule has 1 aromatic carbocycles. The van der Waals surface area contributed by atoms with Gasteiger partial charge in [-0.25, -0.2) is 0 Å². The van der Waals surface area contributed by atoms with Gasteiger partial charge in [0.05, 0.1) is 30.8 Å². The van der Waals surface area contributed by atoms with Crippen LogP contribution in [0.4, 0.5) is 27.6 Å². The summed E-state index contributed by atoms with van der Waals surface area (Å²) in [6.45, 7) is 0. The van der Waals surface area contributed by atoms with Crippen LogP contribution in [0.5, 0.6) is 11.5 Å². The van der Waals surface area contributed by atoms with E-state index in [1.165, 1.54) is 0 Å². The van der Waals surface area contributed by atoms with Crippen molar-refractivity contribution in [3.05, 3.63) is 27.8 Å². The molecule has 0 unspecified atom stereocenters. The maximum absolute atomic E-state index is 13.3. The van der Waals surface area contributed by atoms with Crippen molar-refractivity contribution in [2.45, 2.75) is 18.1 Å². The van der Waals surface area contributed by atoms with Crippen LogP contribution >= 0.6 is 0 Å². The molecule has 0 aliphatic carbocycles. The molecule has 0 radical (unpaired) electrons. The van der Waals surface area contributed by atoms with Crippen LogP contribution in [-0.4, -0.2) is 31.2 Å². The molecule has 11 heteroatoms. The highest BCUT2D eigenvalue weighted by Crippen LogP contribution is 2.47. The Kier molecular flexibility index (Phi) is 4.80. The number of nitrogens with two attached hydrogens (primary N) is 1. The molecule has 0 aliphatic rings. The van der Waals surface area contributed by atoms with Gasteiger partial charge in [0.25, 0.3) is 5.69 Å². The molecule has 6 nitrogen and oxygen atoms in total. The molecule has 0 aromatic heterocycles. The van der Waals surface area contributed by atoms with Crippen molar-refractivity contribution in [3.8, 4) is 11.5 Å². The average Bonchev–Trinajstić information content (AvgIpc) is 2.43. The highest BCUT2D eigenvalue weighted by molar-refractivity contribution is 5.55. The first-order chi connectivity index (χ1) is 9.97. The summed E-state index contributed by atoms with van der Waals surface area (Å²) in [5, 5.41) is 10.9. The van der Waals surface area contributed by atoms with Gasteiger partial charge in [-0.2, -0.15) is 22.0 Å². The lowest BCUT2D eigenvalue weighted by Gasteiger charge is -2.26. The Balaban J connectivity index is 3.54. The molecule has 1 rings (SSSR count). The maximum Gasteiger partial charge on any atom is 0.455 e. The zero-order valence-corrected chi connectivity index (χ0v) is 11.3. The number of nitro benzene ring substituents is 1. The van der Waals surface area contributed by atoms with Gasteiger partial charge in [0, 0.05) is 0 Å². The molecule has 1 atom stereocenters. The topological polar surface area (TPSA) is 87.6 Å². The van der Waals surface area contributed by atoms with E-state index in [-0.39, 0.29) is 11.5 Å². The molecule has 124 valence electrons. The molecule has 1 aromatic rings. The van der Waals surface area contributed by atoms with E-state index in [4.69, 9.17) is 15.2 Å². The standard InChI is InChI=1S/C11H11F5N2O4/c1-21-7-3-5(6(18(19)20)4-8(7)22-2)9(17)10(12,13)11(14,15)16/h3-4,9H,17H2,1-2H3/t9-/m0/s1. The number of hydrogen-bond acceptors (Lipinski definition) is 5. The number of nitrogens with zero attached hydrogens (tertiary/aromatic N) is 1. The maximum atomic E-state index is 13.3. The third-order valence-corrected chi connectivity index (χ3v) is 2.83. The zero-order valence-electron chi connectivity index (χ0n) is 11.3. The van der Waals surface area contributed by atoms with E-state index in [0.717, 1.165) is 14.2 Å². The second-order valence-electron chi connectivity index (χ2n) is 4.12. The minimum atomic E-state index is -5.96. The largest absolute Gasteiger partial charge is 0.493 e. The first-order valence-corrected chi connectivity index (χ1v) is 5.57. The summed E-state index contributed by atoms with van der Waals surface area (Å²) in [5.74, 6) is -5.84. The highest BCUT2D eigenvalue weighted by Gasteiger charge is 2.62. The number of alkyl halides is 5. The molecule has 0 saturated carbocycles. The monoisotopic (exact) mass is 330 g/mol. The van der Waals surface area contributed by atoms with Gasteiger partial charge in [-0.1, -0.05) is 0 Å². The first kappa shape index (κ1) is 17.9. The number of rotatable bonds is 5. The Morgan fingerprint density at radius 1 is 1.14 bits per heavy atom. The number of hydrogen-bond donors (Lipinski definition) is 1. The van der Waals surface area contributed by atoms with E-state index in [0.29, 0.717) is 12.1 Å². The van der Waals surface area contributed by atoms with E-state index in [2.05, 4.69) is 0 Å². The molecule has 2 N–H and O–H groups in total. The summed E-state index contributed by atoms with van der Waals surface area (Å²) < 4.78 is 73.2. The van der Waals surface area contributed by atoms with E-state index in [1.807, 2.05) is 0 Å². The second-order valence-corrected chi connectivity index (χ2v) is 4.12. The molecule has 0 spiro atoms. The van der Waals surface area contributed by atoms with Gasteiger partial charge >= 0.3 is 12.1 Å². The minimum absolute atomic E-state index is 0.208. The van der Waals surface area contributed by atoms with E-state index < -0.39 is 34.3 Å². The summed E-state index contributed by atoms with van der Waals surface area (Å²) in [6.07, 6.45) is -5.96. The van der Waals surface area contributed by atoms with Crippen molar-refractivity contribution in [2.24, 2.45) is 5.73 Å². The molecule has 0 heterocycles. The molecule has 0 aliphatic heterocycles. The van der Waals surface area contributed by atoms with Crippen LogP contribution in [0.15, 0.2) is 12.1 Å². The molecule has 0 fully saturated rings. The Labute approximate surface area is 120 Å². The Hall–Kier alpha value is -2.17. The lowest BCUT2D eigenvalue weighted by Crippen LogP contribution is -2.46. The number of benzene rings is 1. The van der Waals surface area contributed by atoms with Gasteiger partial charge in [-0.15, -0.1) is 0 Å². The predicted octanol–water partition coefficient (Wildman–Crippen LogP) is 2.81. The molecule has 0 bridgehead atoms. The van der Waals surface area contributed by atoms with Crippen LogP contribution in [0.1, 0.15) is 11.6 Å². The van der Waals surface area contributed by atoms with E-state index >= 15 is 0 Å². The normalized spacial score (nSPS) is 13.6. The second kappa shape index (κ2) is 5.91. The number of halogens is 5. The smallest absolute Gasteiger partial charge is 0.455 e. The van der Waals surface area contributed by atoms with Crippen molar-refractivity contribution in [1.82, 2.24) is 0 Å². The van der Waals surface area contributed by atoms with Crippen LogP contribution in [0.2, 0.25) is 0 Å². The van der Waals surface area contributed by atoms with Gasteiger partial charge in [-0.3, -0.25) is 10.1 Å². The molecule has 22 heavy (non-hydrogen) atoms. The summed E-state index contributed by atoms with van der Waals surface area (Å²) >= 11 is 0. The third-order valence-electron chi connectivity index (χ3n) is 2.83. The predicted molar refractivity (Wildman–Crippen MR) is 64.1 cm³/mol. The van der Waals surface area contributed by atoms with Crippen molar-refractivity contribution in [2.75, 3.05) is 14.2 Å². The fourth-order valence-electron chi connectivity index (χ4n) is 1.66. The first-order valence-electron chi connectivity index (χ1n) is 5.57. The van der Waals surface area contributed by atoms with E-state index in [1.54, 1.807) is 0 Å². The van der Waals surface area contributed by atoms with Gasteiger partial charge in [0.2, 0.25) is 0 Å². The Morgan fingerprint density at radius 3 is 1.95 bits per heavy atom. The van der Waals surface area contributed by atoms with Gasteiger partial charge < -0.3 is 15.2 Å². The van der Waals surface area contributed by atoms with Crippen LogP contribution in [0, 0.1) is 10.1 Å². The van der Waals surface area contributed by atoms with Gasteiger partial charge in [-0.05, 0) is 6.07 Å². The Bertz CT molecular complexity index is 576.